The topological polar surface area (TPSA) is 3.24 Å². The van der Waals surface area contributed by atoms with Crippen LogP contribution in [0.2, 0.25) is 10.0 Å². The van der Waals surface area contributed by atoms with Crippen LogP contribution in [-0.2, 0) is 6.54 Å². The quantitative estimate of drug-likeness (QED) is 0.754. The standard InChI is InChI=1S/C12H14Cl3N/c13-6-9-3-4-16(7-9)8-10-1-2-11(14)5-12(10)15/h1-2,5,9H,3-4,6-8H2. The van der Waals surface area contributed by atoms with E-state index in [1.54, 1.807) is 6.07 Å². The molecule has 1 atom stereocenters. The molecule has 16 heavy (non-hydrogen) atoms. The molecule has 2 rings (SSSR count). The summed E-state index contributed by atoms with van der Waals surface area (Å²) >= 11 is 17.9. The Labute approximate surface area is 111 Å². The van der Waals surface area contributed by atoms with Crippen molar-refractivity contribution in [3.63, 3.8) is 0 Å². The molecule has 1 fully saturated rings. The Morgan fingerprint density at radius 2 is 2.12 bits per heavy atom. The molecule has 1 unspecified atom stereocenters. The average Bonchev–Trinajstić information content (AvgIpc) is 2.70. The smallest absolute Gasteiger partial charge is 0.0465 e. The van der Waals surface area contributed by atoms with Gasteiger partial charge in [0.25, 0.3) is 0 Å². The number of benzene rings is 1. The van der Waals surface area contributed by atoms with Crippen LogP contribution in [0.15, 0.2) is 18.2 Å². The molecule has 1 heterocycles. The SMILES string of the molecule is ClCC1CCN(Cc2ccc(Cl)cc2Cl)C1. The van der Waals surface area contributed by atoms with Gasteiger partial charge in [-0.1, -0.05) is 29.3 Å². The molecule has 0 spiro atoms. The maximum Gasteiger partial charge on any atom is 0.0465 e. The molecule has 0 radical (unpaired) electrons. The highest BCUT2D eigenvalue weighted by Crippen LogP contribution is 2.25. The largest absolute Gasteiger partial charge is 0.299 e. The summed E-state index contributed by atoms with van der Waals surface area (Å²) in [6.07, 6.45) is 1.19. The summed E-state index contributed by atoms with van der Waals surface area (Å²) in [7, 11) is 0. The highest BCUT2D eigenvalue weighted by molar-refractivity contribution is 6.35. The van der Waals surface area contributed by atoms with Gasteiger partial charge in [0.05, 0.1) is 0 Å². The first-order valence-electron chi connectivity index (χ1n) is 5.41. The Morgan fingerprint density at radius 1 is 1.31 bits per heavy atom. The molecule has 0 N–H and O–H groups in total. The second-order valence-corrected chi connectivity index (χ2v) is 5.43. The lowest BCUT2D eigenvalue weighted by molar-refractivity contribution is 0.321. The second-order valence-electron chi connectivity index (χ2n) is 4.28. The maximum absolute atomic E-state index is 6.14. The van der Waals surface area contributed by atoms with Gasteiger partial charge >= 0.3 is 0 Å². The van der Waals surface area contributed by atoms with Crippen molar-refractivity contribution < 1.29 is 0 Å². The molecular weight excluding hydrogens is 264 g/mol. The molecule has 0 amide bonds. The first kappa shape index (κ1) is 12.5. The van der Waals surface area contributed by atoms with Crippen molar-refractivity contribution in [1.82, 2.24) is 4.90 Å². The van der Waals surface area contributed by atoms with E-state index < -0.39 is 0 Å². The molecule has 0 aliphatic carbocycles. The third-order valence-electron chi connectivity index (χ3n) is 3.00. The van der Waals surface area contributed by atoms with Gasteiger partial charge in [-0.2, -0.15) is 0 Å². The van der Waals surface area contributed by atoms with E-state index in [1.807, 2.05) is 12.1 Å². The van der Waals surface area contributed by atoms with Crippen molar-refractivity contribution in [3.8, 4) is 0 Å². The summed E-state index contributed by atoms with van der Waals surface area (Å²) in [5.41, 5.74) is 1.14. The number of likely N-dealkylation sites (tertiary alicyclic amines) is 1. The van der Waals surface area contributed by atoms with Gasteiger partial charge in [0.2, 0.25) is 0 Å². The molecule has 1 aliphatic heterocycles. The number of nitrogens with zero attached hydrogens (tertiary/aromatic N) is 1. The number of alkyl halides is 1. The minimum absolute atomic E-state index is 0.632. The van der Waals surface area contributed by atoms with E-state index in [2.05, 4.69) is 4.90 Å². The third kappa shape index (κ3) is 3.04. The zero-order valence-electron chi connectivity index (χ0n) is 8.93. The molecule has 1 aliphatic rings. The van der Waals surface area contributed by atoms with Crippen LogP contribution in [0.3, 0.4) is 0 Å². The van der Waals surface area contributed by atoms with E-state index >= 15 is 0 Å². The Morgan fingerprint density at radius 3 is 2.75 bits per heavy atom. The van der Waals surface area contributed by atoms with E-state index in [-0.39, 0.29) is 0 Å². The van der Waals surface area contributed by atoms with Crippen molar-refractivity contribution >= 4 is 34.8 Å². The van der Waals surface area contributed by atoms with E-state index in [0.29, 0.717) is 10.9 Å². The van der Waals surface area contributed by atoms with Crippen LogP contribution in [-0.4, -0.2) is 23.9 Å². The van der Waals surface area contributed by atoms with Crippen LogP contribution in [0.5, 0.6) is 0 Å². The molecule has 1 nitrogen and oxygen atoms in total. The van der Waals surface area contributed by atoms with Gasteiger partial charge in [-0.25, -0.2) is 0 Å². The Kier molecular flexibility index (Phi) is 4.37. The van der Waals surface area contributed by atoms with Crippen LogP contribution in [0.1, 0.15) is 12.0 Å². The van der Waals surface area contributed by atoms with Crippen molar-refractivity contribution in [2.24, 2.45) is 5.92 Å². The number of rotatable bonds is 3. The van der Waals surface area contributed by atoms with Gasteiger partial charge in [0, 0.05) is 29.0 Å². The summed E-state index contributed by atoms with van der Waals surface area (Å²) in [6, 6.07) is 5.68. The molecule has 1 aromatic rings. The van der Waals surface area contributed by atoms with Gasteiger partial charge in [-0.15, -0.1) is 11.6 Å². The Balaban J connectivity index is 1.99. The van der Waals surface area contributed by atoms with E-state index in [9.17, 15) is 0 Å². The molecule has 1 saturated heterocycles. The van der Waals surface area contributed by atoms with E-state index in [4.69, 9.17) is 34.8 Å². The fraction of sp³-hybridized carbons (Fsp3) is 0.500. The predicted molar refractivity (Wildman–Crippen MR) is 70.6 cm³/mol. The summed E-state index contributed by atoms with van der Waals surface area (Å²) < 4.78 is 0. The molecule has 88 valence electrons. The monoisotopic (exact) mass is 277 g/mol. The molecule has 4 heteroatoms. The van der Waals surface area contributed by atoms with Gasteiger partial charge in [0.1, 0.15) is 0 Å². The van der Waals surface area contributed by atoms with Crippen LogP contribution in [0, 0.1) is 5.92 Å². The predicted octanol–water partition coefficient (Wildman–Crippen LogP) is 4.05. The number of hydrogen-bond donors (Lipinski definition) is 0. The van der Waals surface area contributed by atoms with Gasteiger partial charge in [-0.05, 0) is 36.6 Å². The highest BCUT2D eigenvalue weighted by atomic mass is 35.5. The fourth-order valence-electron chi connectivity index (χ4n) is 2.07. The number of halogens is 3. The third-order valence-corrected chi connectivity index (χ3v) is 4.02. The lowest BCUT2D eigenvalue weighted by Crippen LogP contribution is -2.20. The van der Waals surface area contributed by atoms with Crippen molar-refractivity contribution in [2.45, 2.75) is 13.0 Å². The zero-order valence-corrected chi connectivity index (χ0v) is 11.2. The first-order chi connectivity index (χ1) is 7.69. The van der Waals surface area contributed by atoms with Crippen molar-refractivity contribution in [1.29, 1.82) is 0 Å². The maximum atomic E-state index is 6.14. The Hall–Kier alpha value is 0.0500. The highest BCUT2D eigenvalue weighted by Gasteiger charge is 2.21. The molecule has 0 saturated carbocycles. The minimum Gasteiger partial charge on any atom is -0.299 e. The van der Waals surface area contributed by atoms with E-state index in [0.717, 1.165) is 36.1 Å². The van der Waals surface area contributed by atoms with Crippen LogP contribution >= 0.6 is 34.8 Å². The molecular formula is C12H14Cl3N. The second kappa shape index (κ2) is 5.59. The summed E-state index contributed by atoms with van der Waals surface area (Å²) in [5.74, 6) is 1.39. The fourth-order valence-corrected chi connectivity index (χ4v) is 2.79. The molecule has 1 aromatic carbocycles. The van der Waals surface area contributed by atoms with Crippen LogP contribution in [0.25, 0.3) is 0 Å². The lowest BCUT2D eigenvalue weighted by atomic mass is 10.2. The normalized spacial score (nSPS) is 21.6. The molecule has 0 aromatic heterocycles. The van der Waals surface area contributed by atoms with Crippen LogP contribution in [0.4, 0.5) is 0 Å². The van der Waals surface area contributed by atoms with Gasteiger partial charge in [0.15, 0.2) is 0 Å². The van der Waals surface area contributed by atoms with Gasteiger partial charge in [-0.3, -0.25) is 4.90 Å². The molecule has 0 bridgehead atoms. The minimum atomic E-state index is 0.632. The summed E-state index contributed by atoms with van der Waals surface area (Å²) in [6.45, 7) is 3.07. The summed E-state index contributed by atoms with van der Waals surface area (Å²) in [5, 5.41) is 1.44. The van der Waals surface area contributed by atoms with Crippen molar-refractivity contribution in [3.05, 3.63) is 33.8 Å². The zero-order chi connectivity index (χ0) is 11.5. The van der Waals surface area contributed by atoms with E-state index in [1.165, 1.54) is 6.42 Å². The average molecular weight is 279 g/mol. The lowest BCUT2D eigenvalue weighted by Gasteiger charge is -2.16. The number of hydrogen-bond acceptors (Lipinski definition) is 1. The Bertz CT molecular complexity index is 367. The first-order valence-corrected chi connectivity index (χ1v) is 6.70. The van der Waals surface area contributed by atoms with Crippen molar-refractivity contribution in [2.75, 3.05) is 19.0 Å². The van der Waals surface area contributed by atoms with Gasteiger partial charge < -0.3 is 0 Å². The summed E-state index contributed by atoms with van der Waals surface area (Å²) in [4.78, 5) is 2.39. The van der Waals surface area contributed by atoms with Crippen LogP contribution < -0.4 is 0 Å².